The van der Waals surface area contributed by atoms with Crippen molar-refractivity contribution in [3.05, 3.63) is 59.7 Å². The summed E-state index contributed by atoms with van der Waals surface area (Å²) in [6, 6.07) is 10.2. The number of benzene rings is 2. The number of carbonyl (C=O) groups excluding carboxylic acids is 1. The van der Waals surface area contributed by atoms with E-state index >= 15 is 0 Å². The Morgan fingerprint density at radius 3 is 2.07 bits per heavy atom. The van der Waals surface area contributed by atoms with Gasteiger partial charge in [-0.05, 0) is 47.5 Å². The summed E-state index contributed by atoms with van der Waals surface area (Å²) >= 11 is 0. The first-order valence-corrected chi connectivity index (χ1v) is 8.14. The molecule has 0 spiro atoms. The molecule has 0 radical (unpaired) electrons. The van der Waals surface area contributed by atoms with Gasteiger partial charge in [0, 0.05) is 7.11 Å². The van der Waals surface area contributed by atoms with E-state index in [1.807, 2.05) is 6.07 Å². The Morgan fingerprint density at radius 1 is 0.889 bits per heavy atom. The molecule has 1 N–H and O–H groups in total. The molecule has 142 valence electrons. The highest BCUT2D eigenvalue weighted by molar-refractivity contribution is 6.04. The third-order valence-corrected chi connectivity index (χ3v) is 3.60. The number of phenols is 1. The standard InChI is InChI=1S/C21H22O6/c1-24-14-27-19-11-7-16(13-21(19)26-3)5-9-17(22)8-4-15-6-10-18(23)20(12-15)25-2/h4-13,23H,14H2,1-3H3/b8-4+,9-5+. The zero-order chi connectivity index (χ0) is 19.6. The van der Waals surface area contributed by atoms with Crippen molar-refractivity contribution in [1.82, 2.24) is 0 Å². The molecular weight excluding hydrogens is 348 g/mol. The van der Waals surface area contributed by atoms with Crippen molar-refractivity contribution in [3.8, 4) is 23.0 Å². The highest BCUT2D eigenvalue weighted by atomic mass is 16.7. The van der Waals surface area contributed by atoms with Crippen LogP contribution in [-0.4, -0.2) is 39.0 Å². The molecule has 27 heavy (non-hydrogen) atoms. The van der Waals surface area contributed by atoms with Gasteiger partial charge >= 0.3 is 0 Å². The lowest BCUT2D eigenvalue weighted by Gasteiger charge is -2.10. The van der Waals surface area contributed by atoms with Crippen LogP contribution >= 0.6 is 0 Å². The van der Waals surface area contributed by atoms with Gasteiger partial charge in [0.1, 0.15) is 0 Å². The van der Waals surface area contributed by atoms with Crippen LogP contribution in [-0.2, 0) is 9.53 Å². The molecular formula is C21H22O6. The second-order valence-electron chi connectivity index (χ2n) is 5.46. The average Bonchev–Trinajstić information content (AvgIpc) is 2.70. The minimum absolute atomic E-state index is 0.0488. The van der Waals surface area contributed by atoms with Crippen molar-refractivity contribution < 1.29 is 28.8 Å². The van der Waals surface area contributed by atoms with E-state index in [1.54, 1.807) is 43.5 Å². The quantitative estimate of drug-likeness (QED) is 0.536. The monoisotopic (exact) mass is 370 g/mol. The second kappa shape index (κ2) is 10.0. The van der Waals surface area contributed by atoms with Crippen LogP contribution in [0.3, 0.4) is 0 Å². The molecule has 0 aliphatic heterocycles. The number of rotatable bonds is 9. The summed E-state index contributed by atoms with van der Waals surface area (Å²) in [7, 11) is 4.55. The summed E-state index contributed by atoms with van der Waals surface area (Å²) in [5, 5.41) is 9.58. The average molecular weight is 370 g/mol. The summed E-state index contributed by atoms with van der Waals surface area (Å²) in [6.45, 7) is 0.122. The largest absolute Gasteiger partial charge is 0.504 e. The van der Waals surface area contributed by atoms with Gasteiger partial charge in [-0.25, -0.2) is 0 Å². The predicted octanol–water partition coefficient (Wildman–Crippen LogP) is 3.69. The fraction of sp³-hybridized carbons (Fsp3) is 0.190. The number of ketones is 1. The van der Waals surface area contributed by atoms with Crippen LogP contribution in [0.25, 0.3) is 12.2 Å². The lowest BCUT2D eigenvalue weighted by atomic mass is 10.1. The minimum atomic E-state index is -0.180. The fourth-order valence-electron chi connectivity index (χ4n) is 2.24. The summed E-state index contributed by atoms with van der Waals surface area (Å²) in [6.07, 6.45) is 6.23. The normalized spacial score (nSPS) is 11.1. The molecule has 0 aliphatic rings. The molecule has 6 nitrogen and oxygen atoms in total. The topological polar surface area (TPSA) is 74.2 Å². The van der Waals surface area contributed by atoms with Gasteiger partial charge in [0.25, 0.3) is 0 Å². The zero-order valence-corrected chi connectivity index (χ0v) is 15.5. The van der Waals surface area contributed by atoms with Gasteiger partial charge in [0.2, 0.25) is 0 Å². The molecule has 2 aromatic carbocycles. The van der Waals surface area contributed by atoms with Gasteiger partial charge in [0.15, 0.2) is 35.6 Å². The van der Waals surface area contributed by atoms with Gasteiger partial charge in [-0.3, -0.25) is 4.79 Å². The molecule has 0 aliphatic carbocycles. The molecule has 0 saturated carbocycles. The van der Waals surface area contributed by atoms with Crippen molar-refractivity contribution in [2.24, 2.45) is 0 Å². The molecule has 0 heterocycles. The highest BCUT2D eigenvalue weighted by Gasteiger charge is 2.05. The van der Waals surface area contributed by atoms with E-state index in [-0.39, 0.29) is 18.3 Å². The number of hydrogen-bond donors (Lipinski definition) is 1. The lowest BCUT2D eigenvalue weighted by molar-refractivity contribution is -0.110. The van der Waals surface area contributed by atoms with Crippen molar-refractivity contribution in [2.45, 2.75) is 0 Å². The minimum Gasteiger partial charge on any atom is -0.504 e. The van der Waals surface area contributed by atoms with Gasteiger partial charge < -0.3 is 24.1 Å². The molecule has 2 aromatic rings. The Morgan fingerprint density at radius 2 is 1.48 bits per heavy atom. The van der Waals surface area contributed by atoms with Crippen LogP contribution in [0.4, 0.5) is 0 Å². The van der Waals surface area contributed by atoms with Crippen LogP contribution in [0.5, 0.6) is 23.0 Å². The van der Waals surface area contributed by atoms with Gasteiger partial charge in [0.05, 0.1) is 14.2 Å². The van der Waals surface area contributed by atoms with E-state index in [1.165, 1.54) is 32.4 Å². The zero-order valence-electron chi connectivity index (χ0n) is 15.5. The van der Waals surface area contributed by atoms with Crippen molar-refractivity contribution in [1.29, 1.82) is 0 Å². The number of ether oxygens (including phenoxy) is 4. The first-order chi connectivity index (χ1) is 13.1. The SMILES string of the molecule is COCOc1ccc(/C=C/C(=O)/C=C/c2ccc(O)c(OC)c2)cc1OC. The van der Waals surface area contributed by atoms with E-state index in [9.17, 15) is 9.90 Å². The van der Waals surface area contributed by atoms with Gasteiger partial charge in [-0.2, -0.15) is 0 Å². The van der Waals surface area contributed by atoms with Crippen LogP contribution < -0.4 is 14.2 Å². The van der Waals surface area contributed by atoms with Gasteiger partial charge in [-0.15, -0.1) is 0 Å². The molecule has 0 bridgehead atoms. The van der Waals surface area contributed by atoms with Gasteiger partial charge in [-0.1, -0.05) is 24.3 Å². The molecule has 0 saturated heterocycles. The number of methoxy groups -OCH3 is 3. The maximum atomic E-state index is 12.0. The van der Waals surface area contributed by atoms with E-state index in [4.69, 9.17) is 18.9 Å². The second-order valence-corrected chi connectivity index (χ2v) is 5.46. The third kappa shape index (κ3) is 5.90. The first-order valence-electron chi connectivity index (χ1n) is 8.14. The molecule has 6 heteroatoms. The number of phenolic OH excluding ortho intramolecular Hbond substituents is 1. The molecule has 2 rings (SSSR count). The van der Waals surface area contributed by atoms with Crippen LogP contribution in [0.2, 0.25) is 0 Å². The predicted molar refractivity (Wildman–Crippen MR) is 103 cm³/mol. The van der Waals surface area contributed by atoms with Crippen LogP contribution in [0, 0.1) is 0 Å². The van der Waals surface area contributed by atoms with E-state index < -0.39 is 0 Å². The molecule has 0 unspecified atom stereocenters. The molecule has 0 fully saturated rings. The van der Waals surface area contributed by atoms with E-state index in [0.717, 1.165) is 11.1 Å². The number of hydrogen-bond acceptors (Lipinski definition) is 6. The Balaban J connectivity index is 2.05. The summed E-state index contributed by atoms with van der Waals surface area (Å²) in [4.78, 5) is 12.0. The number of allylic oxidation sites excluding steroid dienone is 2. The highest BCUT2D eigenvalue weighted by Crippen LogP contribution is 2.29. The molecule has 0 atom stereocenters. The molecule has 0 amide bonds. The van der Waals surface area contributed by atoms with Crippen molar-refractivity contribution in [3.63, 3.8) is 0 Å². The van der Waals surface area contributed by atoms with Crippen LogP contribution in [0.1, 0.15) is 11.1 Å². The van der Waals surface area contributed by atoms with Crippen LogP contribution in [0.15, 0.2) is 48.6 Å². The maximum absolute atomic E-state index is 12.0. The Labute approximate surface area is 158 Å². The summed E-state index contributed by atoms with van der Waals surface area (Å²) in [5.74, 6) is 1.33. The lowest BCUT2D eigenvalue weighted by Crippen LogP contribution is -2.00. The third-order valence-electron chi connectivity index (χ3n) is 3.60. The summed E-state index contributed by atoms with van der Waals surface area (Å²) in [5.41, 5.74) is 1.54. The van der Waals surface area contributed by atoms with E-state index in [2.05, 4.69) is 0 Å². The smallest absolute Gasteiger partial charge is 0.188 e. The Kier molecular flexibility index (Phi) is 7.46. The van der Waals surface area contributed by atoms with E-state index in [0.29, 0.717) is 17.2 Å². The number of aromatic hydroxyl groups is 1. The maximum Gasteiger partial charge on any atom is 0.188 e. The summed E-state index contributed by atoms with van der Waals surface area (Å²) < 4.78 is 20.6. The fourth-order valence-corrected chi connectivity index (χ4v) is 2.24. The van der Waals surface area contributed by atoms with Crippen molar-refractivity contribution >= 4 is 17.9 Å². The number of carbonyl (C=O) groups is 1. The molecule has 0 aromatic heterocycles. The first kappa shape index (κ1) is 20.1. The van der Waals surface area contributed by atoms with Crippen molar-refractivity contribution in [2.75, 3.05) is 28.1 Å². The Hall–Kier alpha value is -3.25. The Bertz CT molecular complexity index is 839.